The average Bonchev–Trinajstić information content (AvgIpc) is 3.10. The average molecular weight is 230 g/mol. The fourth-order valence-corrected chi connectivity index (χ4v) is 2.22. The van der Waals surface area contributed by atoms with Gasteiger partial charge in [0.05, 0.1) is 6.42 Å². The highest BCUT2D eigenvalue weighted by molar-refractivity contribution is 6.07. The third kappa shape index (κ3) is 1.90. The first-order chi connectivity index (χ1) is 8.25. The summed E-state index contributed by atoms with van der Waals surface area (Å²) in [5.74, 6) is -0.104. The number of carbonyl (C=O) groups is 2. The van der Waals surface area contributed by atoms with E-state index in [-0.39, 0.29) is 30.3 Å². The number of anilines is 1. The van der Waals surface area contributed by atoms with E-state index >= 15 is 0 Å². The van der Waals surface area contributed by atoms with Crippen molar-refractivity contribution in [3.05, 3.63) is 30.3 Å². The Kier molecular flexibility index (Phi) is 2.35. The maximum absolute atomic E-state index is 12.0. The number of imide groups is 1. The van der Waals surface area contributed by atoms with E-state index in [0.717, 1.165) is 18.5 Å². The van der Waals surface area contributed by atoms with Gasteiger partial charge in [0.2, 0.25) is 5.91 Å². The van der Waals surface area contributed by atoms with Gasteiger partial charge in [-0.1, -0.05) is 18.2 Å². The van der Waals surface area contributed by atoms with Crippen molar-refractivity contribution in [2.75, 3.05) is 5.32 Å². The van der Waals surface area contributed by atoms with E-state index in [9.17, 15) is 9.59 Å². The maximum atomic E-state index is 12.0. The minimum atomic E-state index is -0.384. The zero-order valence-electron chi connectivity index (χ0n) is 9.43. The maximum Gasteiger partial charge on any atom is 0.252 e. The first kappa shape index (κ1) is 10.3. The van der Waals surface area contributed by atoms with Crippen LogP contribution in [0.1, 0.15) is 19.3 Å². The molecule has 3 rings (SSSR count). The van der Waals surface area contributed by atoms with Crippen molar-refractivity contribution in [2.24, 2.45) is 0 Å². The molecule has 1 aromatic carbocycles. The molecule has 1 atom stereocenters. The number of hydrogen-bond donors (Lipinski definition) is 1. The smallest absolute Gasteiger partial charge is 0.252 e. The largest absolute Gasteiger partial charge is 0.373 e. The molecule has 88 valence electrons. The Morgan fingerprint density at radius 3 is 2.47 bits per heavy atom. The summed E-state index contributed by atoms with van der Waals surface area (Å²) in [6, 6.07) is 9.33. The molecular formula is C13H14N2O2. The topological polar surface area (TPSA) is 49.4 Å². The van der Waals surface area contributed by atoms with Crippen molar-refractivity contribution >= 4 is 17.5 Å². The lowest BCUT2D eigenvalue weighted by atomic mass is 10.2. The molecule has 2 fully saturated rings. The van der Waals surface area contributed by atoms with Crippen LogP contribution in [0.5, 0.6) is 0 Å². The molecule has 1 aliphatic heterocycles. The lowest BCUT2D eigenvalue weighted by Crippen LogP contribution is -2.36. The zero-order chi connectivity index (χ0) is 11.8. The summed E-state index contributed by atoms with van der Waals surface area (Å²) in [5.41, 5.74) is 0.885. The zero-order valence-corrected chi connectivity index (χ0v) is 9.43. The lowest BCUT2D eigenvalue weighted by Gasteiger charge is -2.15. The third-order valence-corrected chi connectivity index (χ3v) is 3.21. The highest BCUT2D eigenvalue weighted by Gasteiger charge is 2.45. The van der Waals surface area contributed by atoms with Gasteiger partial charge in [0.1, 0.15) is 6.04 Å². The minimum absolute atomic E-state index is 0.0362. The van der Waals surface area contributed by atoms with Gasteiger partial charge in [0.15, 0.2) is 0 Å². The van der Waals surface area contributed by atoms with Crippen LogP contribution in [-0.4, -0.2) is 28.8 Å². The van der Waals surface area contributed by atoms with Gasteiger partial charge in [-0.25, -0.2) is 0 Å². The van der Waals surface area contributed by atoms with Gasteiger partial charge in [0, 0.05) is 11.7 Å². The van der Waals surface area contributed by atoms with E-state index in [0.29, 0.717) is 0 Å². The van der Waals surface area contributed by atoms with Crippen LogP contribution in [0.4, 0.5) is 5.69 Å². The molecule has 17 heavy (non-hydrogen) atoms. The highest BCUT2D eigenvalue weighted by Crippen LogP contribution is 2.32. The second kappa shape index (κ2) is 3.87. The van der Waals surface area contributed by atoms with Crippen LogP contribution >= 0.6 is 0 Å². The number of para-hydroxylation sites is 1. The minimum Gasteiger partial charge on any atom is -0.373 e. The molecule has 2 aliphatic rings. The van der Waals surface area contributed by atoms with Gasteiger partial charge >= 0.3 is 0 Å². The predicted octanol–water partition coefficient (Wildman–Crippen LogP) is 1.39. The highest BCUT2D eigenvalue weighted by atomic mass is 16.2. The van der Waals surface area contributed by atoms with Crippen molar-refractivity contribution in [2.45, 2.75) is 31.3 Å². The standard InChI is InChI=1S/C13H14N2O2/c16-12-8-11(13(17)15(12)10-6-7-10)14-9-4-2-1-3-5-9/h1-5,10-11,14H,6-8H2. The molecule has 0 bridgehead atoms. The van der Waals surface area contributed by atoms with Gasteiger partial charge < -0.3 is 5.32 Å². The van der Waals surface area contributed by atoms with Crippen LogP contribution in [0, 0.1) is 0 Å². The second-order valence-electron chi connectivity index (χ2n) is 4.60. The fourth-order valence-electron chi connectivity index (χ4n) is 2.22. The van der Waals surface area contributed by atoms with E-state index in [1.807, 2.05) is 30.3 Å². The Morgan fingerprint density at radius 1 is 1.12 bits per heavy atom. The van der Waals surface area contributed by atoms with Crippen LogP contribution in [0.2, 0.25) is 0 Å². The summed E-state index contributed by atoms with van der Waals surface area (Å²) in [6.07, 6.45) is 2.22. The number of benzene rings is 1. The molecule has 1 aliphatic carbocycles. The Morgan fingerprint density at radius 2 is 1.82 bits per heavy atom. The summed E-state index contributed by atoms with van der Waals surface area (Å²) in [7, 11) is 0. The molecular weight excluding hydrogens is 216 g/mol. The number of hydrogen-bond acceptors (Lipinski definition) is 3. The Balaban J connectivity index is 1.73. The Labute approximate surface area is 99.6 Å². The van der Waals surface area contributed by atoms with Crippen LogP contribution < -0.4 is 5.32 Å². The van der Waals surface area contributed by atoms with E-state index in [2.05, 4.69) is 5.32 Å². The summed E-state index contributed by atoms with van der Waals surface area (Å²) < 4.78 is 0. The van der Waals surface area contributed by atoms with E-state index in [1.54, 1.807) is 0 Å². The van der Waals surface area contributed by atoms with Gasteiger partial charge in [-0.2, -0.15) is 0 Å². The summed E-state index contributed by atoms with van der Waals surface area (Å²) in [4.78, 5) is 25.2. The van der Waals surface area contributed by atoms with E-state index in [1.165, 1.54) is 4.90 Å². The Bertz CT molecular complexity index is 454. The second-order valence-corrected chi connectivity index (χ2v) is 4.60. The molecule has 0 spiro atoms. The number of carbonyl (C=O) groups excluding carboxylic acids is 2. The molecule has 1 saturated heterocycles. The van der Waals surface area contributed by atoms with Crippen LogP contribution in [0.15, 0.2) is 30.3 Å². The molecule has 4 heteroatoms. The van der Waals surface area contributed by atoms with Crippen molar-refractivity contribution in [3.63, 3.8) is 0 Å². The predicted molar refractivity (Wildman–Crippen MR) is 63.3 cm³/mol. The van der Waals surface area contributed by atoms with Gasteiger partial charge in [0.25, 0.3) is 5.91 Å². The molecule has 1 unspecified atom stereocenters. The van der Waals surface area contributed by atoms with Gasteiger partial charge in [-0.3, -0.25) is 14.5 Å². The van der Waals surface area contributed by atoms with Gasteiger partial charge in [-0.05, 0) is 25.0 Å². The Hall–Kier alpha value is -1.84. The van der Waals surface area contributed by atoms with Crippen molar-refractivity contribution in [1.82, 2.24) is 4.90 Å². The van der Waals surface area contributed by atoms with E-state index in [4.69, 9.17) is 0 Å². The van der Waals surface area contributed by atoms with Crippen LogP contribution in [0.25, 0.3) is 0 Å². The number of rotatable bonds is 3. The summed E-state index contributed by atoms with van der Waals surface area (Å²) in [6.45, 7) is 0. The molecule has 2 amide bonds. The quantitative estimate of drug-likeness (QED) is 0.798. The first-order valence-corrected chi connectivity index (χ1v) is 5.93. The normalized spacial score (nSPS) is 24.2. The fraction of sp³-hybridized carbons (Fsp3) is 0.385. The lowest BCUT2D eigenvalue weighted by molar-refractivity contribution is -0.139. The molecule has 0 aromatic heterocycles. The third-order valence-electron chi connectivity index (χ3n) is 3.21. The van der Waals surface area contributed by atoms with Gasteiger partial charge in [-0.15, -0.1) is 0 Å². The number of nitrogens with zero attached hydrogens (tertiary/aromatic N) is 1. The van der Waals surface area contributed by atoms with E-state index < -0.39 is 0 Å². The monoisotopic (exact) mass is 230 g/mol. The molecule has 1 saturated carbocycles. The summed E-state index contributed by atoms with van der Waals surface area (Å²) in [5, 5.41) is 3.12. The number of likely N-dealkylation sites (tertiary alicyclic amines) is 1. The summed E-state index contributed by atoms with van der Waals surface area (Å²) >= 11 is 0. The molecule has 1 aromatic rings. The molecule has 1 N–H and O–H groups in total. The molecule has 4 nitrogen and oxygen atoms in total. The van der Waals surface area contributed by atoms with Crippen molar-refractivity contribution in [3.8, 4) is 0 Å². The van der Waals surface area contributed by atoms with Crippen LogP contribution in [0.3, 0.4) is 0 Å². The molecule has 1 heterocycles. The van der Waals surface area contributed by atoms with Crippen molar-refractivity contribution < 1.29 is 9.59 Å². The number of nitrogens with one attached hydrogen (secondary N) is 1. The SMILES string of the molecule is O=C1CC(Nc2ccccc2)C(=O)N1C1CC1. The number of amides is 2. The van der Waals surface area contributed by atoms with Crippen LogP contribution in [-0.2, 0) is 9.59 Å². The van der Waals surface area contributed by atoms with Crippen molar-refractivity contribution in [1.29, 1.82) is 0 Å². The first-order valence-electron chi connectivity index (χ1n) is 5.93. The molecule has 0 radical (unpaired) electrons.